The summed E-state index contributed by atoms with van der Waals surface area (Å²) in [6.07, 6.45) is 3.36. The highest BCUT2D eigenvalue weighted by Crippen LogP contribution is 2.29. The van der Waals surface area contributed by atoms with E-state index in [-0.39, 0.29) is 35.1 Å². The highest BCUT2D eigenvalue weighted by Gasteiger charge is 2.30. The zero-order valence-electron chi connectivity index (χ0n) is 21.9. The van der Waals surface area contributed by atoms with Crippen LogP contribution in [0.15, 0.2) is 66.7 Å². The lowest BCUT2D eigenvalue weighted by molar-refractivity contribution is 0.0925. The molecule has 0 atom stereocenters. The van der Waals surface area contributed by atoms with E-state index in [1.54, 1.807) is 42.5 Å². The van der Waals surface area contributed by atoms with Crippen LogP contribution in [-0.2, 0) is 0 Å². The lowest BCUT2D eigenvalue weighted by Crippen LogP contribution is -2.40. The zero-order chi connectivity index (χ0) is 27.1. The molecule has 0 spiro atoms. The molecule has 196 valence electrons. The predicted molar refractivity (Wildman–Crippen MR) is 151 cm³/mol. The number of ketones is 2. The molecule has 1 saturated carbocycles. The smallest absolute Gasteiger partial charge is 0.251 e. The summed E-state index contributed by atoms with van der Waals surface area (Å²) < 4.78 is 0. The van der Waals surface area contributed by atoms with Crippen LogP contribution in [0.4, 0.5) is 11.8 Å². The number of aromatic nitrogens is 2. The van der Waals surface area contributed by atoms with E-state index in [0.29, 0.717) is 28.2 Å². The largest absolute Gasteiger partial charge is 0.362 e. The van der Waals surface area contributed by atoms with Gasteiger partial charge in [-0.3, -0.25) is 14.4 Å². The Balaban J connectivity index is 1.10. The summed E-state index contributed by atoms with van der Waals surface area (Å²) >= 11 is 0. The Morgan fingerprint density at radius 1 is 0.769 bits per heavy atom. The molecule has 0 radical (unpaired) electrons. The minimum absolute atomic E-state index is 0.0273. The van der Waals surface area contributed by atoms with Gasteiger partial charge >= 0.3 is 0 Å². The number of nitrogens with zero attached hydrogens (tertiary/aromatic N) is 3. The van der Waals surface area contributed by atoms with Gasteiger partial charge in [0.1, 0.15) is 5.82 Å². The third kappa shape index (κ3) is 4.63. The maximum absolute atomic E-state index is 13.1. The number of para-hydroxylation sites is 1. The van der Waals surface area contributed by atoms with Crippen LogP contribution in [-0.4, -0.2) is 53.6 Å². The lowest BCUT2D eigenvalue weighted by atomic mass is 9.83. The molecule has 0 aliphatic heterocycles. The Kier molecular flexibility index (Phi) is 6.30. The molecule has 4 aromatic rings. The van der Waals surface area contributed by atoms with Gasteiger partial charge in [0.2, 0.25) is 5.95 Å². The van der Waals surface area contributed by atoms with Crippen LogP contribution in [0.3, 0.4) is 0 Å². The number of nitrogens with one attached hydrogen (secondary N) is 2. The van der Waals surface area contributed by atoms with Gasteiger partial charge in [-0.05, 0) is 56.0 Å². The van der Waals surface area contributed by atoms with Crippen molar-refractivity contribution in [2.24, 2.45) is 0 Å². The molecule has 39 heavy (non-hydrogen) atoms. The summed E-state index contributed by atoms with van der Waals surface area (Å²) in [7, 11) is 3.95. The summed E-state index contributed by atoms with van der Waals surface area (Å²) in [5.74, 6) is 0.833. The van der Waals surface area contributed by atoms with Crippen molar-refractivity contribution in [1.29, 1.82) is 0 Å². The number of hydrogen-bond acceptors (Lipinski definition) is 7. The monoisotopic (exact) mass is 519 g/mol. The summed E-state index contributed by atoms with van der Waals surface area (Å²) in [6, 6.07) is 19.8. The Morgan fingerprint density at radius 2 is 1.38 bits per heavy atom. The van der Waals surface area contributed by atoms with Crippen LogP contribution in [0, 0.1) is 0 Å². The Morgan fingerprint density at radius 3 is 2.10 bits per heavy atom. The van der Waals surface area contributed by atoms with Gasteiger partial charge in [-0.2, -0.15) is 4.98 Å². The first kappa shape index (κ1) is 24.7. The Bertz CT molecular complexity index is 1620. The fraction of sp³-hybridized carbons (Fsp3) is 0.258. The number of benzene rings is 3. The molecule has 1 fully saturated rings. The van der Waals surface area contributed by atoms with Crippen LogP contribution in [0.2, 0.25) is 0 Å². The van der Waals surface area contributed by atoms with E-state index in [2.05, 4.69) is 10.6 Å². The molecule has 1 aromatic heterocycles. The van der Waals surface area contributed by atoms with E-state index in [0.717, 1.165) is 42.4 Å². The highest BCUT2D eigenvalue weighted by molar-refractivity contribution is 6.28. The second kappa shape index (κ2) is 9.94. The normalized spacial score (nSPS) is 18.3. The molecule has 2 N–H and O–H groups in total. The molecule has 1 amide bonds. The van der Waals surface area contributed by atoms with Crippen molar-refractivity contribution in [3.8, 4) is 0 Å². The minimum atomic E-state index is -0.234. The number of fused-ring (bicyclic) bond motifs is 3. The van der Waals surface area contributed by atoms with Crippen molar-refractivity contribution < 1.29 is 14.4 Å². The zero-order valence-corrected chi connectivity index (χ0v) is 21.9. The standard InChI is InChI=1S/C31H29N5O3/c1-36(2)29-24-9-5-6-10-26(24)34-31(35-29)33-20-14-12-19(13-15-20)32-30(39)18-11-16-23-25(17-18)28(38)22-8-4-3-7-21(22)27(23)37/h3-11,16-17,19-20H,12-15H2,1-2H3,(H,32,39)(H,33,34,35)/t19-,20+. The number of anilines is 2. The highest BCUT2D eigenvalue weighted by atomic mass is 16.2. The molecular formula is C31H29N5O3. The van der Waals surface area contributed by atoms with E-state index in [4.69, 9.17) is 9.97 Å². The van der Waals surface area contributed by atoms with E-state index in [1.165, 1.54) is 0 Å². The van der Waals surface area contributed by atoms with E-state index >= 15 is 0 Å². The van der Waals surface area contributed by atoms with Crippen LogP contribution in [0.5, 0.6) is 0 Å². The number of rotatable bonds is 5. The van der Waals surface area contributed by atoms with Gasteiger partial charge in [0.05, 0.1) is 5.52 Å². The molecule has 6 rings (SSSR count). The van der Waals surface area contributed by atoms with Crippen LogP contribution in [0.25, 0.3) is 10.9 Å². The molecule has 0 unspecified atom stereocenters. The number of hydrogen-bond donors (Lipinski definition) is 2. The number of carbonyl (C=O) groups is 3. The fourth-order valence-corrected chi connectivity index (χ4v) is 5.54. The minimum Gasteiger partial charge on any atom is -0.362 e. The fourth-order valence-electron chi connectivity index (χ4n) is 5.54. The number of carbonyl (C=O) groups excluding carboxylic acids is 3. The summed E-state index contributed by atoms with van der Waals surface area (Å²) in [6.45, 7) is 0. The van der Waals surface area contributed by atoms with Crippen LogP contribution < -0.4 is 15.5 Å². The maximum atomic E-state index is 13.1. The van der Waals surface area contributed by atoms with Gasteiger partial charge in [-0.15, -0.1) is 0 Å². The molecule has 0 saturated heterocycles. The van der Waals surface area contributed by atoms with Gasteiger partial charge in [0, 0.05) is 59.4 Å². The van der Waals surface area contributed by atoms with E-state index < -0.39 is 0 Å². The summed E-state index contributed by atoms with van der Waals surface area (Å²) in [4.78, 5) is 50.4. The van der Waals surface area contributed by atoms with Crippen molar-refractivity contribution in [3.05, 3.63) is 94.5 Å². The van der Waals surface area contributed by atoms with E-state index in [1.807, 2.05) is 43.3 Å². The Hall–Kier alpha value is -4.59. The van der Waals surface area contributed by atoms with Crippen molar-refractivity contribution >= 4 is 40.1 Å². The average molecular weight is 520 g/mol. The molecule has 0 bridgehead atoms. The molecule has 1 heterocycles. The first-order chi connectivity index (χ1) is 18.9. The van der Waals surface area contributed by atoms with Crippen LogP contribution in [0.1, 0.15) is 67.9 Å². The van der Waals surface area contributed by atoms with Gasteiger partial charge in [0.25, 0.3) is 5.91 Å². The maximum Gasteiger partial charge on any atom is 0.251 e. The van der Waals surface area contributed by atoms with Gasteiger partial charge in [0.15, 0.2) is 11.6 Å². The first-order valence-corrected chi connectivity index (χ1v) is 13.2. The summed E-state index contributed by atoms with van der Waals surface area (Å²) in [5, 5.41) is 7.62. The van der Waals surface area contributed by atoms with Crippen LogP contribution >= 0.6 is 0 Å². The Labute approximate surface area is 226 Å². The number of amides is 1. The average Bonchev–Trinajstić information content (AvgIpc) is 2.96. The molecule has 3 aromatic carbocycles. The molecule has 2 aliphatic carbocycles. The quantitative estimate of drug-likeness (QED) is 0.349. The third-order valence-corrected chi connectivity index (χ3v) is 7.59. The molecule has 2 aliphatic rings. The summed E-state index contributed by atoms with van der Waals surface area (Å²) in [5.41, 5.74) is 2.70. The second-order valence-electron chi connectivity index (χ2n) is 10.4. The third-order valence-electron chi connectivity index (χ3n) is 7.59. The molecular weight excluding hydrogens is 490 g/mol. The van der Waals surface area contributed by atoms with Gasteiger partial charge in [-0.1, -0.05) is 36.4 Å². The van der Waals surface area contributed by atoms with Crippen molar-refractivity contribution in [1.82, 2.24) is 15.3 Å². The topological polar surface area (TPSA) is 104 Å². The van der Waals surface area contributed by atoms with Crippen molar-refractivity contribution in [3.63, 3.8) is 0 Å². The van der Waals surface area contributed by atoms with Gasteiger partial charge < -0.3 is 15.5 Å². The molecule has 8 heteroatoms. The van der Waals surface area contributed by atoms with Crippen molar-refractivity contribution in [2.75, 3.05) is 24.3 Å². The van der Waals surface area contributed by atoms with E-state index in [9.17, 15) is 14.4 Å². The lowest BCUT2D eigenvalue weighted by Gasteiger charge is -2.30. The first-order valence-electron chi connectivity index (χ1n) is 13.2. The predicted octanol–water partition coefficient (Wildman–Crippen LogP) is 4.62. The van der Waals surface area contributed by atoms with Gasteiger partial charge in [-0.25, -0.2) is 4.98 Å². The molecule has 8 nitrogen and oxygen atoms in total. The SMILES string of the molecule is CN(C)c1nc(N[C@H]2CC[C@@H](NC(=O)c3ccc4c(c3)C(=O)c3ccccc3C4=O)CC2)nc2ccccc12. The van der Waals surface area contributed by atoms with Crippen molar-refractivity contribution in [2.45, 2.75) is 37.8 Å². The second-order valence-corrected chi connectivity index (χ2v) is 10.4.